The van der Waals surface area contributed by atoms with Crippen molar-refractivity contribution >= 4 is 0 Å². The van der Waals surface area contributed by atoms with Crippen LogP contribution >= 0.6 is 0 Å². The van der Waals surface area contributed by atoms with Crippen molar-refractivity contribution in [1.82, 2.24) is 15.3 Å². The molecule has 0 amide bonds. The molecule has 0 atom stereocenters. The first-order valence-electron chi connectivity index (χ1n) is 7.22. The van der Waals surface area contributed by atoms with Gasteiger partial charge in [0.1, 0.15) is 0 Å². The zero-order valence-electron chi connectivity index (χ0n) is 13.0. The number of aromatic nitrogens is 2. The molecular formula is C17H23N3O. The van der Waals surface area contributed by atoms with Gasteiger partial charge in [-0.2, -0.15) is 0 Å². The molecule has 4 heteroatoms. The largest absolute Gasteiger partial charge is 0.463 e. The molecule has 0 saturated carbocycles. The van der Waals surface area contributed by atoms with Crippen molar-refractivity contribution in [2.24, 2.45) is 5.41 Å². The third-order valence-corrected chi connectivity index (χ3v) is 3.14. The molecule has 0 aliphatic heterocycles. The van der Waals surface area contributed by atoms with Crippen LogP contribution < -0.4 is 10.1 Å². The summed E-state index contributed by atoms with van der Waals surface area (Å²) in [5.74, 6) is 0. The molecule has 2 aromatic rings. The average molecular weight is 285 g/mol. The van der Waals surface area contributed by atoms with Crippen molar-refractivity contribution in [3.8, 4) is 6.01 Å². The highest BCUT2D eigenvalue weighted by molar-refractivity contribution is 5.14. The smallest absolute Gasteiger partial charge is 0.316 e. The molecule has 21 heavy (non-hydrogen) atoms. The second kappa shape index (κ2) is 7.18. The summed E-state index contributed by atoms with van der Waals surface area (Å²) in [5, 5.41) is 3.47. The van der Waals surface area contributed by atoms with E-state index in [0.29, 0.717) is 12.6 Å². The number of rotatable bonds is 7. The van der Waals surface area contributed by atoms with E-state index >= 15 is 0 Å². The highest BCUT2D eigenvalue weighted by Crippen LogP contribution is 2.15. The molecule has 0 saturated heterocycles. The van der Waals surface area contributed by atoms with Crippen molar-refractivity contribution in [1.29, 1.82) is 0 Å². The number of aryl methyl sites for hydroxylation is 1. The molecule has 1 heterocycles. The standard InChI is InChI=1S/C17H23N3O/c1-14-9-10-19-16(20-14)21-13-17(2,3)12-18-11-15-7-5-4-6-8-15/h4-10,18H,11-13H2,1-3H3. The van der Waals surface area contributed by atoms with Gasteiger partial charge in [-0.25, -0.2) is 9.97 Å². The fraction of sp³-hybridized carbons (Fsp3) is 0.412. The van der Waals surface area contributed by atoms with Crippen LogP contribution in [0.25, 0.3) is 0 Å². The molecule has 0 aliphatic rings. The van der Waals surface area contributed by atoms with E-state index in [-0.39, 0.29) is 5.41 Å². The summed E-state index contributed by atoms with van der Waals surface area (Å²) in [6, 6.07) is 12.7. The minimum atomic E-state index is 0.0158. The summed E-state index contributed by atoms with van der Waals surface area (Å²) in [7, 11) is 0. The third-order valence-electron chi connectivity index (χ3n) is 3.14. The monoisotopic (exact) mass is 285 g/mol. The van der Waals surface area contributed by atoms with Crippen LogP contribution in [-0.2, 0) is 6.54 Å². The summed E-state index contributed by atoms with van der Waals surface area (Å²) in [6.07, 6.45) is 1.72. The number of nitrogens with one attached hydrogen (secondary N) is 1. The van der Waals surface area contributed by atoms with Crippen molar-refractivity contribution in [3.63, 3.8) is 0 Å². The van der Waals surface area contributed by atoms with E-state index in [2.05, 4.69) is 53.4 Å². The van der Waals surface area contributed by atoms with Crippen LogP contribution in [-0.4, -0.2) is 23.1 Å². The molecule has 2 rings (SSSR count). The molecule has 1 N–H and O–H groups in total. The van der Waals surface area contributed by atoms with Crippen LogP contribution in [0.1, 0.15) is 25.1 Å². The topological polar surface area (TPSA) is 47.0 Å². The fourth-order valence-electron chi connectivity index (χ4n) is 1.95. The van der Waals surface area contributed by atoms with Gasteiger partial charge >= 0.3 is 6.01 Å². The second-order valence-corrected chi connectivity index (χ2v) is 6.02. The normalized spacial score (nSPS) is 11.4. The summed E-state index contributed by atoms with van der Waals surface area (Å²) < 4.78 is 5.69. The van der Waals surface area contributed by atoms with Crippen molar-refractivity contribution < 1.29 is 4.74 Å². The molecule has 1 aromatic heterocycles. The summed E-state index contributed by atoms with van der Waals surface area (Å²) in [5.41, 5.74) is 2.22. The van der Waals surface area contributed by atoms with E-state index in [1.807, 2.05) is 19.1 Å². The van der Waals surface area contributed by atoms with Crippen LogP contribution in [0, 0.1) is 12.3 Å². The Morgan fingerprint density at radius 1 is 1.14 bits per heavy atom. The molecule has 0 aliphatic carbocycles. The number of nitrogens with zero attached hydrogens (tertiary/aromatic N) is 2. The predicted molar refractivity (Wildman–Crippen MR) is 84.2 cm³/mol. The number of hydrogen-bond acceptors (Lipinski definition) is 4. The van der Waals surface area contributed by atoms with Crippen molar-refractivity contribution in [2.75, 3.05) is 13.2 Å². The molecule has 0 spiro atoms. The first-order chi connectivity index (χ1) is 10.1. The molecule has 0 fully saturated rings. The highest BCUT2D eigenvalue weighted by atomic mass is 16.5. The zero-order chi connectivity index (χ0) is 15.1. The average Bonchev–Trinajstić information content (AvgIpc) is 2.46. The van der Waals surface area contributed by atoms with Crippen LogP contribution in [0.2, 0.25) is 0 Å². The van der Waals surface area contributed by atoms with Crippen LogP contribution in [0.3, 0.4) is 0 Å². The number of ether oxygens (including phenoxy) is 1. The molecule has 1 aromatic carbocycles. The second-order valence-electron chi connectivity index (χ2n) is 6.02. The van der Waals surface area contributed by atoms with E-state index in [4.69, 9.17) is 4.74 Å². The Morgan fingerprint density at radius 2 is 1.90 bits per heavy atom. The van der Waals surface area contributed by atoms with Crippen molar-refractivity contribution in [3.05, 3.63) is 53.9 Å². The lowest BCUT2D eigenvalue weighted by atomic mass is 9.95. The quantitative estimate of drug-likeness (QED) is 0.849. The van der Waals surface area contributed by atoms with Crippen LogP contribution in [0.5, 0.6) is 6.01 Å². The minimum Gasteiger partial charge on any atom is -0.463 e. The van der Waals surface area contributed by atoms with Gasteiger partial charge in [-0.05, 0) is 18.6 Å². The maximum atomic E-state index is 5.69. The van der Waals surface area contributed by atoms with Crippen LogP contribution in [0.15, 0.2) is 42.6 Å². The predicted octanol–water partition coefficient (Wildman–Crippen LogP) is 2.98. The van der Waals surface area contributed by atoms with Gasteiger partial charge in [-0.1, -0.05) is 44.2 Å². The van der Waals surface area contributed by atoms with E-state index in [1.54, 1.807) is 6.20 Å². The van der Waals surface area contributed by atoms with Gasteiger partial charge in [0, 0.05) is 30.4 Å². The Balaban J connectivity index is 1.76. The van der Waals surface area contributed by atoms with E-state index in [0.717, 1.165) is 18.8 Å². The maximum absolute atomic E-state index is 5.69. The Bertz CT molecular complexity index is 555. The summed E-state index contributed by atoms with van der Waals surface area (Å²) >= 11 is 0. The summed E-state index contributed by atoms with van der Waals surface area (Å²) in [4.78, 5) is 8.37. The van der Waals surface area contributed by atoms with E-state index in [9.17, 15) is 0 Å². The molecule has 112 valence electrons. The molecule has 4 nitrogen and oxygen atoms in total. The van der Waals surface area contributed by atoms with Crippen molar-refractivity contribution in [2.45, 2.75) is 27.3 Å². The highest BCUT2D eigenvalue weighted by Gasteiger charge is 2.19. The first kappa shape index (κ1) is 15.4. The van der Waals surface area contributed by atoms with E-state index < -0.39 is 0 Å². The summed E-state index contributed by atoms with van der Waals surface area (Å²) in [6.45, 7) is 8.58. The lowest BCUT2D eigenvalue weighted by Gasteiger charge is -2.24. The first-order valence-corrected chi connectivity index (χ1v) is 7.22. The lowest BCUT2D eigenvalue weighted by Crippen LogP contribution is -2.34. The maximum Gasteiger partial charge on any atom is 0.316 e. The number of hydrogen-bond donors (Lipinski definition) is 1. The Kier molecular flexibility index (Phi) is 5.28. The third kappa shape index (κ3) is 5.52. The van der Waals surface area contributed by atoms with Gasteiger partial charge in [0.05, 0.1) is 6.61 Å². The SMILES string of the molecule is Cc1ccnc(OCC(C)(C)CNCc2ccccc2)n1. The van der Waals surface area contributed by atoms with Gasteiger partial charge in [-0.15, -0.1) is 0 Å². The Hall–Kier alpha value is -1.94. The van der Waals surface area contributed by atoms with Gasteiger partial charge in [-0.3, -0.25) is 0 Å². The molecule has 0 bridgehead atoms. The van der Waals surface area contributed by atoms with Crippen LogP contribution in [0.4, 0.5) is 0 Å². The lowest BCUT2D eigenvalue weighted by molar-refractivity contribution is 0.164. The Morgan fingerprint density at radius 3 is 2.62 bits per heavy atom. The van der Waals surface area contributed by atoms with Gasteiger partial charge < -0.3 is 10.1 Å². The van der Waals surface area contributed by atoms with Gasteiger partial charge in [0.15, 0.2) is 0 Å². The molecule has 0 radical (unpaired) electrons. The molecular weight excluding hydrogens is 262 g/mol. The zero-order valence-corrected chi connectivity index (χ0v) is 13.0. The fourth-order valence-corrected chi connectivity index (χ4v) is 1.95. The molecule has 0 unspecified atom stereocenters. The van der Waals surface area contributed by atoms with Gasteiger partial charge in [0.2, 0.25) is 0 Å². The van der Waals surface area contributed by atoms with Gasteiger partial charge in [0.25, 0.3) is 0 Å². The van der Waals surface area contributed by atoms with E-state index in [1.165, 1.54) is 5.56 Å². The minimum absolute atomic E-state index is 0.0158. The Labute approximate surface area is 126 Å². The number of benzene rings is 1.